The van der Waals surface area contributed by atoms with E-state index < -0.39 is 0 Å². The Hall–Kier alpha value is -4.51. The Morgan fingerprint density at radius 2 is 0.795 bits per heavy atom. The molecule has 1 aliphatic carbocycles. The molecule has 39 heavy (non-hydrogen) atoms. The van der Waals surface area contributed by atoms with Crippen LogP contribution in [0.3, 0.4) is 0 Å². The van der Waals surface area contributed by atoms with Crippen LogP contribution in [-0.2, 0) is 31.0 Å². The average Bonchev–Trinajstić information content (AvgIpc) is 2.97. The second-order valence-corrected chi connectivity index (χ2v) is 9.90. The number of hydrogen-bond donors (Lipinski definition) is 0. The van der Waals surface area contributed by atoms with Gasteiger partial charge in [-0.05, 0) is 22.3 Å². The minimum absolute atomic E-state index is 0.213. The van der Waals surface area contributed by atoms with E-state index in [4.69, 9.17) is 10.2 Å². The molecule has 5 nitrogen and oxygen atoms in total. The molecule has 4 aromatic rings. The van der Waals surface area contributed by atoms with Crippen LogP contribution in [0.1, 0.15) is 41.5 Å². The summed E-state index contributed by atoms with van der Waals surface area (Å²) in [5, 5.41) is 14.4. The van der Waals surface area contributed by atoms with Gasteiger partial charge in [0, 0.05) is 12.8 Å². The normalized spacial score (nSPS) is 15.4. The van der Waals surface area contributed by atoms with Crippen molar-refractivity contribution >= 4 is 17.2 Å². The van der Waals surface area contributed by atoms with Crippen LogP contribution in [0, 0.1) is 0 Å². The maximum absolute atomic E-state index is 12.6. The summed E-state index contributed by atoms with van der Waals surface area (Å²) in [4.78, 5) is 12.6. The first kappa shape index (κ1) is 26.1. The quantitative estimate of drug-likeness (QED) is 0.217. The predicted molar refractivity (Wildman–Crippen MR) is 158 cm³/mol. The van der Waals surface area contributed by atoms with Crippen LogP contribution in [-0.4, -0.2) is 27.2 Å². The Morgan fingerprint density at radius 3 is 1.15 bits per heavy atom. The first-order chi connectivity index (χ1) is 19.2. The highest BCUT2D eigenvalue weighted by Crippen LogP contribution is 2.18. The molecular weight excluding hydrogens is 480 g/mol. The fourth-order valence-electron chi connectivity index (χ4n) is 4.75. The van der Waals surface area contributed by atoms with E-state index in [1.165, 1.54) is 22.3 Å². The van der Waals surface area contributed by atoms with Crippen LogP contribution in [0.4, 0.5) is 0 Å². The molecule has 5 heteroatoms. The smallest absolute Gasteiger partial charge is 0.139 e. The molecule has 1 fully saturated rings. The molecule has 0 spiro atoms. The first-order valence-electron chi connectivity index (χ1n) is 13.5. The summed E-state index contributed by atoms with van der Waals surface area (Å²) in [6.07, 6.45) is 1.41. The molecule has 1 saturated carbocycles. The molecule has 4 aromatic carbocycles. The summed E-state index contributed by atoms with van der Waals surface area (Å²) in [6, 6.07) is 41.5. The number of carbonyl (C=O) groups is 1. The summed E-state index contributed by atoms with van der Waals surface area (Å²) in [7, 11) is 0. The highest BCUT2D eigenvalue weighted by molar-refractivity contribution is 6.46. The number of rotatable bonds is 10. The van der Waals surface area contributed by atoms with Gasteiger partial charge in [-0.15, -0.1) is 0 Å². The van der Waals surface area contributed by atoms with Gasteiger partial charge in [-0.3, -0.25) is 14.8 Å². The van der Waals surface area contributed by atoms with E-state index >= 15 is 0 Å². The molecule has 0 heterocycles. The fourth-order valence-corrected chi connectivity index (χ4v) is 4.75. The van der Waals surface area contributed by atoms with Gasteiger partial charge in [0.2, 0.25) is 0 Å². The number of benzene rings is 4. The van der Waals surface area contributed by atoms with E-state index in [9.17, 15) is 4.79 Å². The van der Waals surface area contributed by atoms with Crippen molar-refractivity contribution in [3.05, 3.63) is 144 Å². The third-order valence-electron chi connectivity index (χ3n) is 6.69. The SMILES string of the molecule is O=C1CCC(=N/N(Cc2ccccc2)Cc2ccccc2)/C(=N/N(Cc2ccccc2)Cc2ccccc2)C1. The molecule has 0 aliphatic heterocycles. The van der Waals surface area contributed by atoms with Gasteiger partial charge in [-0.1, -0.05) is 121 Å². The Kier molecular flexibility index (Phi) is 8.93. The van der Waals surface area contributed by atoms with E-state index in [0.29, 0.717) is 45.4 Å². The Balaban J connectivity index is 1.47. The average molecular weight is 515 g/mol. The first-order valence-corrected chi connectivity index (χ1v) is 13.5. The zero-order valence-corrected chi connectivity index (χ0v) is 22.2. The molecule has 0 saturated heterocycles. The van der Waals surface area contributed by atoms with Crippen molar-refractivity contribution in [3.8, 4) is 0 Å². The molecule has 0 N–H and O–H groups in total. The molecule has 0 atom stereocenters. The van der Waals surface area contributed by atoms with Crippen molar-refractivity contribution in [2.75, 3.05) is 0 Å². The van der Waals surface area contributed by atoms with Gasteiger partial charge < -0.3 is 0 Å². The molecule has 0 unspecified atom stereocenters. The summed E-state index contributed by atoms with van der Waals surface area (Å²) < 4.78 is 0. The molecule has 5 rings (SSSR count). The van der Waals surface area contributed by atoms with Crippen LogP contribution in [0.15, 0.2) is 132 Å². The Labute approximate surface area is 231 Å². The molecule has 0 aromatic heterocycles. The van der Waals surface area contributed by atoms with Gasteiger partial charge >= 0.3 is 0 Å². The molecule has 0 bridgehead atoms. The lowest BCUT2D eigenvalue weighted by atomic mass is 9.95. The van der Waals surface area contributed by atoms with Crippen LogP contribution in [0.5, 0.6) is 0 Å². The largest absolute Gasteiger partial charge is 0.299 e. The standard InChI is InChI=1S/C34H34N4O/c39-32-21-22-33(35-37(24-28-13-5-1-6-14-28)25-29-15-7-2-8-16-29)34(23-32)36-38(26-30-17-9-3-10-18-30)27-31-19-11-4-12-20-31/h1-20H,21-27H2/b35-33-,36-34+. The molecule has 196 valence electrons. The monoisotopic (exact) mass is 514 g/mol. The zero-order valence-electron chi connectivity index (χ0n) is 22.2. The van der Waals surface area contributed by atoms with E-state index in [0.717, 1.165) is 11.4 Å². The number of nitrogens with zero attached hydrogens (tertiary/aromatic N) is 4. The highest BCUT2D eigenvalue weighted by atomic mass is 16.1. The van der Waals surface area contributed by atoms with Crippen LogP contribution in [0.25, 0.3) is 0 Å². The van der Waals surface area contributed by atoms with Crippen LogP contribution >= 0.6 is 0 Å². The molecular formula is C34H34N4O. The zero-order chi connectivity index (χ0) is 26.7. The van der Waals surface area contributed by atoms with Crippen molar-refractivity contribution in [3.63, 3.8) is 0 Å². The van der Waals surface area contributed by atoms with Crippen molar-refractivity contribution in [1.82, 2.24) is 10.0 Å². The number of Topliss-reactive ketones (excluding diaryl/α,β-unsaturated/α-hetero) is 1. The van der Waals surface area contributed by atoms with Gasteiger partial charge in [-0.25, -0.2) is 0 Å². The fraction of sp³-hybridized carbons (Fsp3) is 0.206. The van der Waals surface area contributed by atoms with Crippen molar-refractivity contribution in [1.29, 1.82) is 0 Å². The number of ketones is 1. The maximum atomic E-state index is 12.6. The van der Waals surface area contributed by atoms with E-state index in [1.807, 2.05) is 48.5 Å². The van der Waals surface area contributed by atoms with E-state index in [2.05, 4.69) is 82.8 Å². The van der Waals surface area contributed by atoms with Gasteiger partial charge in [0.05, 0.1) is 44.0 Å². The van der Waals surface area contributed by atoms with E-state index in [-0.39, 0.29) is 5.78 Å². The third kappa shape index (κ3) is 7.99. The second kappa shape index (κ2) is 13.3. The molecule has 0 radical (unpaired) electrons. The number of hydrogen-bond acceptors (Lipinski definition) is 5. The van der Waals surface area contributed by atoms with Gasteiger partial charge in [0.15, 0.2) is 0 Å². The Morgan fingerprint density at radius 1 is 0.462 bits per heavy atom. The number of carbonyl (C=O) groups excluding carboxylic acids is 1. The lowest BCUT2D eigenvalue weighted by Crippen LogP contribution is -2.31. The molecule has 1 aliphatic rings. The second-order valence-electron chi connectivity index (χ2n) is 9.90. The predicted octanol–water partition coefficient (Wildman–Crippen LogP) is 6.86. The van der Waals surface area contributed by atoms with Crippen molar-refractivity contribution in [2.24, 2.45) is 10.2 Å². The summed E-state index contributed by atoms with van der Waals surface area (Å²) in [6.45, 7) is 2.66. The van der Waals surface area contributed by atoms with Gasteiger partial charge in [0.1, 0.15) is 5.78 Å². The van der Waals surface area contributed by atoms with Crippen LogP contribution < -0.4 is 0 Å². The van der Waals surface area contributed by atoms with Crippen LogP contribution in [0.2, 0.25) is 0 Å². The highest BCUT2D eigenvalue weighted by Gasteiger charge is 2.24. The maximum Gasteiger partial charge on any atom is 0.139 e. The number of hydrazone groups is 2. The third-order valence-corrected chi connectivity index (χ3v) is 6.69. The summed E-state index contributed by atoms with van der Waals surface area (Å²) in [5.74, 6) is 0.213. The summed E-state index contributed by atoms with van der Waals surface area (Å²) in [5.41, 5.74) is 6.40. The van der Waals surface area contributed by atoms with Gasteiger partial charge in [-0.2, -0.15) is 10.2 Å². The minimum atomic E-state index is 0.213. The Bertz CT molecular complexity index is 1300. The lowest BCUT2D eigenvalue weighted by Gasteiger charge is -2.26. The molecule has 0 amide bonds. The van der Waals surface area contributed by atoms with Crippen molar-refractivity contribution < 1.29 is 4.79 Å². The lowest BCUT2D eigenvalue weighted by molar-refractivity contribution is -0.117. The van der Waals surface area contributed by atoms with Gasteiger partial charge in [0.25, 0.3) is 0 Å². The van der Waals surface area contributed by atoms with Crippen molar-refractivity contribution in [2.45, 2.75) is 45.4 Å². The summed E-state index contributed by atoms with van der Waals surface area (Å²) >= 11 is 0. The topological polar surface area (TPSA) is 48.3 Å². The van der Waals surface area contributed by atoms with E-state index in [1.54, 1.807) is 0 Å². The minimum Gasteiger partial charge on any atom is -0.299 e.